The third-order valence-corrected chi connectivity index (χ3v) is 5.88. The van der Waals surface area contributed by atoms with Crippen LogP contribution in [0.15, 0.2) is 57.1 Å². The number of methoxy groups -OCH3 is 3. The van der Waals surface area contributed by atoms with Gasteiger partial charge in [0.15, 0.2) is 17.2 Å². The number of aromatic nitrogens is 5. The van der Waals surface area contributed by atoms with Crippen molar-refractivity contribution in [3.63, 3.8) is 0 Å². The number of nitrogen functional groups attached to an aromatic ring is 1. The Labute approximate surface area is 209 Å². The molecule has 36 heavy (non-hydrogen) atoms. The molecule has 13 nitrogen and oxygen atoms in total. The number of carbonyl (C=O) groups is 1. The second-order valence-corrected chi connectivity index (χ2v) is 8.08. The molecule has 1 amide bonds. The Kier molecular flexibility index (Phi) is 7.65. The molecule has 0 bridgehead atoms. The molecule has 0 saturated heterocycles. The number of ether oxygens (including phenoxy) is 3. The maximum absolute atomic E-state index is 13.0. The van der Waals surface area contributed by atoms with E-state index in [9.17, 15) is 4.79 Å². The number of nitrogens with one attached hydrogen (secondary N) is 1. The van der Waals surface area contributed by atoms with E-state index in [0.29, 0.717) is 34.3 Å². The largest absolute Gasteiger partial charge is 0.493 e. The minimum Gasteiger partial charge on any atom is -0.493 e. The monoisotopic (exact) mass is 510 g/mol. The first-order valence-corrected chi connectivity index (χ1v) is 11.4. The molecule has 0 atom stereocenters. The SMILES string of the molecule is COc1cc(C=NNC(=O)c2nnn(-c3nonc3N)c2CSc2ccccc2)cc(OC)c1OC. The number of benzene rings is 2. The van der Waals surface area contributed by atoms with Gasteiger partial charge in [-0.3, -0.25) is 4.79 Å². The van der Waals surface area contributed by atoms with Crippen LogP contribution >= 0.6 is 11.8 Å². The molecule has 186 valence electrons. The first-order chi connectivity index (χ1) is 17.5. The summed E-state index contributed by atoms with van der Waals surface area (Å²) in [6.07, 6.45) is 1.44. The Hall–Kier alpha value is -4.59. The minimum absolute atomic E-state index is 0.0123. The summed E-state index contributed by atoms with van der Waals surface area (Å²) in [7, 11) is 4.53. The van der Waals surface area contributed by atoms with Gasteiger partial charge in [0.05, 0.1) is 33.2 Å². The molecule has 0 aliphatic rings. The standard InChI is InChI=1S/C22H22N8O5S/c1-32-16-9-13(10-17(33-2)19(16)34-3)11-24-26-22(31)18-15(12-36-14-7-5-4-6-8-14)30(29-25-18)21-20(23)27-35-28-21/h4-11H,12H2,1-3H3,(H2,23,27)(H,26,31). The van der Waals surface area contributed by atoms with E-state index < -0.39 is 5.91 Å². The lowest BCUT2D eigenvalue weighted by Gasteiger charge is -2.12. The van der Waals surface area contributed by atoms with E-state index in [1.165, 1.54) is 44.0 Å². The van der Waals surface area contributed by atoms with Crippen molar-refractivity contribution in [1.29, 1.82) is 0 Å². The first-order valence-electron chi connectivity index (χ1n) is 10.4. The fourth-order valence-corrected chi connectivity index (χ4v) is 4.09. The summed E-state index contributed by atoms with van der Waals surface area (Å²) < 4.78 is 22.0. The molecule has 2 aromatic heterocycles. The average Bonchev–Trinajstić information content (AvgIpc) is 3.52. The highest BCUT2D eigenvalue weighted by Crippen LogP contribution is 2.37. The van der Waals surface area contributed by atoms with Gasteiger partial charge in [0.1, 0.15) is 0 Å². The number of rotatable bonds is 10. The fraction of sp³-hybridized carbons (Fsp3) is 0.182. The van der Waals surface area contributed by atoms with Crippen LogP contribution in [0.2, 0.25) is 0 Å². The number of anilines is 1. The third-order valence-electron chi connectivity index (χ3n) is 4.86. The van der Waals surface area contributed by atoms with Gasteiger partial charge in [-0.25, -0.2) is 10.1 Å². The van der Waals surface area contributed by atoms with Gasteiger partial charge in [-0.1, -0.05) is 23.4 Å². The molecule has 4 aromatic rings. The second-order valence-electron chi connectivity index (χ2n) is 7.03. The van der Waals surface area contributed by atoms with Crippen molar-refractivity contribution >= 4 is 29.7 Å². The van der Waals surface area contributed by atoms with Crippen molar-refractivity contribution in [2.75, 3.05) is 27.1 Å². The van der Waals surface area contributed by atoms with Crippen LogP contribution in [0.5, 0.6) is 17.2 Å². The summed E-state index contributed by atoms with van der Waals surface area (Å²) >= 11 is 1.48. The van der Waals surface area contributed by atoms with Gasteiger partial charge in [0.25, 0.3) is 5.91 Å². The first kappa shape index (κ1) is 24.5. The summed E-state index contributed by atoms with van der Waals surface area (Å²) in [5, 5.41) is 19.4. The van der Waals surface area contributed by atoms with Gasteiger partial charge < -0.3 is 19.9 Å². The van der Waals surface area contributed by atoms with E-state index in [0.717, 1.165) is 4.90 Å². The van der Waals surface area contributed by atoms with Crippen molar-refractivity contribution < 1.29 is 23.6 Å². The molecular formula is C22H22N8O5S. The predicted octanol–water partition coefficient (Wildman–Crippen LogP) is 2.31. The molecule has 0 fully saturated rings. The number of hydrazone groups is 1. The van der Waals surface area contributed by atoms with Crippen LogP contribution in [0.4, 0.5) is 5.82 Å². The van der Waals surface area contributed by atoms with Gasteiger partial charge in [0.2, 0.25) is 17.4 Å². The molecule has 3 N–H and O–H groups in total. The normalized spacial score (nSPS) is 11.0. The van der Waals surface area contributed by atoms with E-state index in [4.69, 9.17) is 19.9 Å². The molecule has 0 unspecified atom stereocenters. The number of hydrogen-bond donors (Lipinski definition) is 2. The highest BCUT2D eigenvalue weighted by molar-refractivity contribution is 7.98. The Morgan fingerprint density at radius 3 is 2.47 bits per heavy atom. The summed E-state index contributed by atoms with van der Waals surface area (Å²) in [6, 6.07) is 13.0. The zero-order valence-electron chi connectivity index (χ0n) is 19.5. The third kappa shape index (κ3) is 5.22. The smallest absolute Gasteiger partial charge is 0.293 e. The van der Waals surface area contributed by atoms with Gasteiger partial charge in [0, 0.05) is 16.2 Å². The van der Waals surface area contributed by atoms with Gasteiger partial charge >= 0.3 is 0 Å². The Morgan fingerprint density at radius 1 is 1.14 bits per heavy atom. The number of nitrogens with two attached hydrogens (primary N) is 1. The lowest BCUT2D eigenvalue weighted by Crippen LogP contribution is -2.20. The van der Waals surface area contributed by atoms with Crippen molar-refractivity contribution in [2.45, 2.75) is 10.6 Å². The highest BCUT2D eigenvalue weighted by atomic mass is 32.2. The maximum Gasteiger partial charge on any atom is 0.293 e. The summed E-state index contributed by atoms with van der Waals surface area (Å²) in [5.74, 6) is 1.24. The fourth-order valence-electron chi connectivity index (χ4n) is 3.18. The molecule has 2 aromatic carbocycles. The van der Waals surface area contributed by atoms with Gasteiger partial charge in [-0.2, -0.15) is 9.78 Å². The molecular weight excluding hydrogens is 488 g/mol. The molecule has 14 heteroatoms. The quantitative estimate of drug-likeness (QED) is 0.183. The Morgan fingerprint density at radius 2 is 1.86 bits per heavy atom. The Bertz CT molecular complexity index is 1350. The number of nitrogens with zero attached hydrogens (tertiary/aromatic N) is 6. The lowest BCUT2D eigenvalue weighted by molar-refractivity contribution is 0.0949. The van der Waals surface area contributed by atoms with Crippen LogP contribution in [-0.2, 0) is 5.75 Å². The van der Waals surface area contributed by atoms with E-state index in [1.807, 2.05) is 30.3 Å². The average molecular weight is 511 g/mol. The van der Waals surface area contributed by atoms with Crippen LogP contribution in [0.3, 0.4) is 0 Å². The number of carbonyl (C=O) groups excluding carboxylic acids is 1. The van der Waals surface area contributed by atoms with Crippen LogP contribution < -0.4 is 25.4 Å². The van der Waals surface area contributed by atoms with Crippen LogP contribution in [0.1, 0.15) is 21.7 Å². The topological polar surface area (TPSA) is 165 Å². The van der Waals surface area contributed by atoms with Crippen molar-refractivity contribution in [2.24, 2.45) is 5.10 Å². The van der Waals surface area contributed by atoms with E-state index >= 15 is 0 Å². The lowest BCUT2D eigenvalue weighted by atomic mass is 10.2. The summed E-state index contributed by atoms with van der Waals surface area (Å²) in [5.41, 5.74) is 9.38. The van der Waals surface area contributed by atoms with E-state index in [2.05, 4.69) is 35.8 Å². The molecule has 4 rings (SSSR count). The zero-order valence-corrected chi connectivity index (χ0v) is 20.4. The van der Waals surface area contributed by atoms with Crippen molar-refractivity contribution in [1.82, 2.24) is 30.7 Å². The summed E-state index contributed by atoms with van der Waals surface area (Å²) in [6.45, 7) is 0. The highest BCUT2D eigenvalue weighted by Gasteiger charge is 2.24. The zero-order chi connectivity index (χ0) is 25.5. The molecule has 0 radical (unpaired) electrons. The van der Waals surface area contributed by atoms with Crippen LogP contribution in [0.25, 0.3) is 5.82 Å². The van der Waals surface area contributed by atoms with Crippen LogP contribution in [0, 0.1) is 0 Å². The van der Waals surface area contributed by atoms with Gasteiger partial charge in [-0.15, -0.1) is 16.9 Å². The number of thioether (sulfide) groups is 1. The molecule has 2 heterocycles. The van der Waals surface area contributed by atoms with Crippen LogP contribution in [-0.4, -0.2) is 58.8 Å². The van der Waals surface area contributed by atoms with Gasteiger partial charge in [-0.05, 0) is 34.6 Å². The molecule has 0 spiro atoms. The minimum atomic E-state index is -0.580. The Balaban J connectivity index is 1.57. The van der Waals surface area contributed by atoms with Crippen molar-refractivity contribution in [3.8, 4) is 23.1 Å². The van der Waals surface area contributed by atoms with Crippen molar-refractivity contribution in [3.05, 3.63) is 59.4 Å². The number of amides is 1. The number of hydrogen-bond acceptors (Lipinski definition) is 12. The molecule has 0 saturated carbocycles. The molecule has 0 aliphatic carbocycles. The second kappa shape index (κ2) is 11.2. The predicted molar refractivity (Wildman–Crippen MR) is 131 cm³/mol. The van der Waals surface area contributed by atoms with E-state index in [1.54, 1.807) is 12.1 Å². The van der Waals surface area contributed by atoms with E-state index in [-0.39, 0.29) is 17.3 Å². The summed E-state index contributed by atoms with van der Waals surface area (Å²) in [4.78, 5) is 14.0. The molecule has 0 aliphatic heterocycles. The maximum atomic E-state index is 13.0.